The molecule has 0 bridgehead atoms. The zero-order chi connectivity index (χ0) is 28.2. The Morgan fingerprint density at radius 2 is 1.77 bits per heavy atom. The molecule has 210 valence electrons. The van der Waals surface area contributed by atoms with E-state index in [9.17, 15) is 31.1 Å². The Hall–Kier alpha value is -3.74. The van der Waals surface area contributed by atoms with Crippen molar-refractivity contribution in [3.8, 4) is 17.0 Å². The van der Waals surface area contributed by atoms with E-state index in [4.69, 9.17) is 4.52 Å². The number of nitrogens with zero attached hydrogens (tertiary/aromatic N) is 3. The summed E-state index contributed by atoms with van der Waals surface area (Å²) < 4.78 is 87.6. The van der Waals surface area contributed by atoms with E-state index >= 15 is 0 Å². The molecule has 39 heavy (non-hydrogen) atoms. The predicted molar refractivity (Wildman–Crippen MR) is 130 cm³/mol. The SMILES string of the molecule is Cc1onc(-c2cccc(F)c2)c1C(=O)NCCCN1CCN(c2ccccc2OC(F)(F)C(F)(F)F)CC1. The van der Waals surface area contributed by atoms with Crippen molar-refractivity contribution in [1.82, 2.24) is 15.4 Å². The number of amides is 1. The molecule has 0 aliphatic carbocycles. The molecule has 1 aliphatic rings. The van der Waals surface area contributed by atoms with Gasteiger partial charge in [-0.25, -0.2) is 4.39 Å². The van der Waals surface area contributed by atoms with Crippen LogP contribution in [0.15, 0.2) is 53.1 Å². The second kappa shape index (κ2) is 11.6. The van der Waals surface area contributed by atoms with Gasteiger partial charge in [-0.3, -0.25) is 9.69 Å². The van der Waals surface area contributed by atoms with Gasteiger partial charge in [0, 0.05) is 38.3 Å². The van der Waals surface area contributed by atoms with Crippen molar-refractivity contribution in [2.45, 2.75) is 25.6 Å². The first kappa shape index (κ1) is 28.3. The molecule has 2 heterocycles. The molecule has 4 rings (SSSR count). The van der Waals surface area contributed by atoms with Gasteiger partial charge in [0.2, 0.25) is 0 Å². The Labute approximate surface area is 220 Å². The minimum Gasteiger partial charge on any atom is -0.424 e. The van der Waals surface area contributed by atoms with Gasteiger partial charge in [-0.1, -0.05) is 29.4 Å². The number of carbonyl (C=O) groups is 1. The van der Waals surface area contributed by atoms with Crippen molar-refractivity contribution in [2.24, 2.45) is 0 Å². The van der Waals surface area contributed by atoms with Crippen molar-refractivity contribution >= 4 is 11.6 Å². The van der Waals surface area contributed by atoms with E-state index in [1.165, 1.54) is 30.3 Å². The first-order valence-electron chi connectivity index (χ1n) is 12.2. The number of alkyl halides is 5. The number of aromatic nitrogens is 1. The summed E-state index contributed by atoms with van der Waals surface area (Å²) in [6.07, 6.45) is -10.5. The smallest absolute Gasteiger partial charge is 0.424 e. The molecule has 1 fully saturated rings. The van der Waals surface area contributed by atoms with Crippen LogP contribution >= 0.6 is 0 Å². The Balaban J connectivity index is 1.27. The minimum absolute atomic E-state index is 0.159. The van der Waals surface area contributed by atoms with E-state index in [1.54, 1.807) is 24.0 Å². The van der Waals surface area contributed by atoms with Crippen LogP contribution in [0.4, 0.5) is 32.0 Å². The van der Waals surface area contributed by atoms with Crippen LogP contribution in [-0.2, 0) is 0 Å². The second-order valence-electron chi connectivity index (χ2n) is 9.00. The first-order chi connectivity index (χ1) is 18.5. The molecule has 1 amide bonds. The zero-order valence-electron chi connectivity index (χ0n) is 20.9. The minimum atomic E-state index is -5.83. The highest BCUT2D eigenvalue weighted by atomic mass is 19.4. The number of carbonyl (C=O) groups excluding carboxylic acids is 1. The van der Waals surface area contributed by atoms with Crippen molar-refractivity contribution in [2.75, 3.05) is 44.2 Å². The number of hydrogen-bond donors (Lipinski definition) is 1. The molecule has 13 heteroatoms. The van der Waals surface area contributed by atoms with Crippen molar-refractivity contribution < 1.29 is 40.4 Å². The van der Waals surface area contributed by atoms with Crippen LogP contribution < -0.4 is 15.0 Å². The highest BCUT2D eigenvalue weighted by molar-refractivity contribution is 6.00. The number of nitrogens with one attached hydrogen (secondary N) is 1. The Morgan fingerprint density at radius 1 is 1.05 bits per heavy atom. The third kappa shape index (κ3) is 6.64. The molecule has 1 N–H and O–H groups in total. The maximum Gasteiger partial charge on any atom is 0.499 e. The Bertz CT molecular complexity index is 1290. The van der Waals surface area contributed by atoms with Gasteiger partial charge >= 0.3 is 12.3 Å². The number of aryl methyl sites for hydroxylation is 1. The molecule has 2 aromatic carbocycles. The summed E-state index contributed by atoms with van der Waals surface area (Å²) in [4.78, 5) is 16.6. The van der Waals surface area contributed by atoms with Gasteiger partial charge < -0.3 is 19.5 Å². The summed E-state index contributed by atoms with van der Waals surface area (Å²) in [5.41, 5.74) is 1.06. The van der Waals surface area contributed by atoms with Gasteiger partial charge in [-0.15, -0.1) is 0 Å². The highest BCUT2D eigenvalue weighted by Crippen LogP contribution is 2.40. The molecular weight excluding hydrogens is 530 g/mol. The number of rotatable bonds is 9. The van der Waals surface area contributed by atoms with E-state index in [-0.39, 0.29) is 16.9 Å². The number of para-hydroxylation sites is 2. The lowest BCUT2D eigenvalue weighted by Crippen LogP contribution is -2.47. The highest BCUT2D eigenvalue weighted by Gasteiger charge is 2.61. The molecule has 3 aromatic rings. The van der Waals surface area contributed by atoms with Gasteiger partial charge in [-0.05, 0) is 44.2 Å². The Morgan fingerprint density at radius 3 is 2.46 bits per heavy atom. The summed E-state index contributed by atoms with van der Waals surface area (Å²) in [5, 5.41) is 6.71. The molecular formula is C26H26F6N4O3. The van der Waals surface area contributed by atoms with Crippen LogP contribution in [0.5, 0.6) is 5.75 Å². The summed E-state index contributed by atoms with van der Waals surface area (Å²) in [5.74, 6) is -1.10. The van der Waals surface area contributed by atoms with Crippen LogP contribution in [0.1, 0.15) is 22.5 Å². The lowest BCUT2D eigenvalue weighted by molar-refractivity contribution is -0.360. The van der Waals surface area contributed by atoms with Crippen molar-refractivity contribution in [3.63, 3.8) is 0 Å². The van der Waals surface area contributed by atoms with Crippen molar-refractivity contribution in [1.29, 1.82) is 0 Å². The summed E-state index contributed by atoms with van der Waals surface area (Å²) in [6, 6.07) is 11.1. The molecule has 1 aromatic heterocycles. The lowest BCUT2D eigenvalue weighted by Gasteiger charge is -2.37. The molecule has 0 atom stereocenters. The fourth-order valence-electron chi connectivity index (χ4n) is 4.28. The number of ether oxygens (including phenoxy) is 1. The van der Waals surface area contributed by atoms with Crippen molar-refractivity contribution in [3.05, 3.63) is 65.7 Å². The number of hydrogen-bond acceptors (Lipinski definition) is 6. The third-order valence-electron chi connectivity index (χ3n) is 6.27. The van der Waals surface area contributed by atoms with Gasteiger partial charge in [0.05, 0.1) is 5.69 Å². The number of piperazine rings is 1. The molecule has 0 saturated carbocycles. The quantitative estimate of drug-likeness (QED) is 0.286. The zero-order valence-corrected chi connectivity index (χ0v) is 20.9. The van der Waals surface area contributed by atoms with Crippen LogP contribution in [0.2, 0.25) is 0 Å². The fraction of sp³-hybridized carbons (Fsp3) is 0.385. The standard InChI is InChI=1S/C26H26F6N4O3/c1-17-22(23(34-39-17)18-6-4-7-19(27)16-18)24(37)33-10-5-11-35-12-14-36(15-13-35)20-8-2-3-9-21(20)38-26(31,32)25(28,29)30/h2-4,6-9,16H,5,10-15H2,1H3,(H,33,37). The lowest BCUT2D eigenvalue weighted by atomic mass is 10.1. The second-order valence-corrected chi connectivity index (χ2v) is 9.00. The summed E-state index contributed by atoms with van der Waals surface area (Å²) in [7, 11) is 0. The van der Waals surface area contributed by atoms with Gasteiger partial charge in [0.15, 0.2) is 0 Å². The molecule has 0 spiro atoms. The number of benzene rings is 2. The van der Waals surface area contributed by atoms with E-state index in [0.29, 0.717) is 57.0 Å². The monoisotopic (exact) mass is 556 g/mol. The number of halogens is 6. The molecule has 7 nitrogen and oxygen atoms in total. The van der Waals surface area contributed by atoms with Crippen LogP contribution in [0.25, 0.3) is 11.3 Å². The average molecular weight is 557 g/mol. The largest absolute Gasteiger partial charge is 0.499 e. The third-order valence-corrected chi connectivity index (χ3v) is 6.27. The maximum atomic E-state index is 13.6. The molecule has 0 unspecified atom stereocenters. The normalized spacial score (nSPS) is 14.9. The first-order valence-corrected chi connectivity index (χ1v) is 12.2. The van der Waals surface area contributed by atoms with Gasteiger partial charge in [0.1, 0.15) is 28.6 Å². The molecule has 1 saturated heterocycles. The summed E-state index contributed by atoms with van der Waals surface area (Å²) >= 11 is 0. The van der Waals surface area contributed by atoms with Crippen LogP contribution in [-0.4, -0.2) is 67.5 Å². The number of anilines is 1. The van der Waals surface area contributed by atoms with E-state index in [2.05, 4.69) is 20.1 Å². The van der Waals surface area contributed by atoms with Gasteiger partial charge in [-0.2, -0.15) is 22.0 Å². The average Bonchev–Trinajstić information content (AvgIpc) is 3.28. The van der Waals surface area contributed by atoms with Crippen LogP contribution in [0.3, 0.4) is 0 Å². The Kier molecular flexibility index (Phi) is 8.38. The fourth-order valence-corrected chi connectivity index (χ4v) is 4.28. The molecule has 0 radical (unpaired) electrons. The summed E-state index contributed by atoms with van der Waals surface area (Å²) in [6.45, 7) is 4.41. The predicted octanol–water partition coefficient (Wildman–Crippen LogP) is 5.27. The topological polar surface area (TPSA) is 70.8 Å². The maximum absolute atomic E-state index is 13.6. The van der Waals surface area contributed by atoms with Gasteiger partial charge in [0.25, 0.3) is 5.91 Å². The van der Waals surface area contributed by atoms with Crippen LogP contribution in [0, 0.1) is 12.7 Å². The van der Waals surface area contributed by atoms with E-state index in [0.717, 1.165) is 6.07 Å². The molecule has 1 aliphatic heterocycles. The van der Waals surface area contributed by atoms with E-state index in [1.807, 2.05) is 0 Å². The van der Waals surface area contributed by atoms with E-state index < -0.39 is 29.8 Å².